The molecular weight excluding hydrogens is 218 g/mol. The highest BCUT2D eigenvalue weighted by Gasteiger charge is 2.28. The Morgan fingerprint density at radius 1 is 1.53 bits per heavy atom. The SMILES string of the molecule is COC(=O)[C@@H]1C[C@H](c2cccc(O)c2)CCN1. The lowest BCUT2D eigenvalue weighted by atomic mass is 9.86. The zero-order valence-electron chi connectivity index (χ0n) is 9.85. The zero-order chi connectivity index (χ0) is 12.3. The van der Waals surface area contributed by atoms with Crippen molar-refractivity contribution in [1.29, 1.82) is 0 Å². The number of phenolic OH excluding ortho intramolecular Hbond substituents is 1. The molecule has 4 nitrogen and oxygen atoms in total. The maximum absolute atomic E-state index is 11.5. The Hall–Kier alpha value is -1.55. The molecule has 0 aromatic heterocycles. The number of hydrogen-bond acceptors (Lipinski definition) is 4. The molecule has 2 rings (SSSR count). The van der Waals surface area contributed by atoms with Crippen LogP contribution in [0.2, 0.25) is 0 Å². The molecule has 0 amide bonds. The van der Waals surface area contributed by atoms with Crippen molar-refractivity contribution in [2.75, 3.05) is 13.7 Å². The van der Waals surface area contributed by atoms with E-state index in [2.05, 4.69) is 5.32 Å². The Kier molecular flexibility index (Phi) is 3.64. The van der Waals surface area contributed by atoms with Crippen molar-refractivity contribution < 1.29 is 14.6 Å². The molecule has 0 bridgehead atoms. The molecule has 0 unspecified atom stereocenters. The van der Waals surface area contributed by atoms with Gasteiger partial charge in [-0.15, -0.1) is 0 Å². The third-order valence-electron chi connectivity index (χ3n) is 3.23. The van der Waals surface area contributed by atoms with Crippen LogP contribution in [0, 0.1) is 0 Å². The van der Waals surface area contributed by atoms with Gasteiger partial charge in [0, 0.05) is 0 Å². The minimum atomic E-state index is -0.235. The van der Waals surface area contributed by atoms with Crippen LogP contribution in [0.5, 0.6) is 5.75 Å². The van der Waals surface area contributed by atoms with E-state index in [0.717, 1.165) is 24.9 Å². The molecule has 0 saturated carbocycles. The lowest BCUT2D eigenvalue weighted by molar-refractivity contribution is -0.143. The summed E-state index contributed by atoms with van der Waals surface area (Å²) in [5.41, 5.74) is 1.08. The van der Waals surface area contributed by atoms with Gasteiger partial charge in [-0.2, -0.15) is 0 Å². The minimum Gasteiger partial charge on any atom is -0.508 e. The Balaban J connectivity index is 2.09. The molecule has 1 saturated heterocycles. The molecule has 1 heterocycles. The summed E-state index contributed by atoms with van der Waals surface area (Å²) in [6, 6.07) is 7.01. The van der Waals surface area contributed by atoms with Gasteiger partial charge >= 0.3 is 5.97 Å². The molecule has 1 aromatic rings. The summed E-state index contributed by atoms with van der Waals surface area (Å²) in [5.74, 6) is 0.359. The molecule has 1 aromatic carbocycles. The molecule has 0 spiro atoms. The zero-order valence-corrected chi connectivity index (χ0v) is 9.85. The molecule has 0 radical (unpaired) electrons. The van der Waals surface area contributed by atoms with Gasteiger partial charge in [0.2, 0.25) is 0 Å². The number of carbonyl (C=O) groups is 1. The van der Waals surface area contributed by atoms with Crippen LogP contribution in [-0.4, -0.2) is 30.8 Å². The second kappa shape index (κ2) is 5.19. The molecule has 2 atom stereocenters. The minimum absolute atomic E-state index is 0.213. The molecule has 2 N–H and O–H groups in total. The first-order chi connectivity index (χ1) is 8.20. The van der Waals surface area contributed by atoms with Crippen LogP contribution in [0.1, 0.15) is 24.3 Å². The fourth-order valence-electron chi connectivity index (χ4n) is 2.32. The van der Waals surface area contributed by atoms with Crippen molar-refractivity contribution in [2.24, 2.45) is 0 Å². The Morgan fingerprint density at radius 2 is 2.35 bits per heavy atom. The molecule has 1 aliphatic heterocycles. The number of esters is 1. The summed E-state index contributed by atoms with van der Waals surface area (Å²) in [7, 11) is 1.40. The van der Waals surface area contributed by atoms with Crippen molar-refractivity contribution in [1.82, 2.24) is 5.32 Å². The fraction of sp³-hybridized carbons (Fsp3) is 0.462. The number of hydrogen-bond donors (Lipinski definition) is 2. The van der Waals surface area contributed by atoms with Gasteiger partial charge in [-0.3, -0.25) is 4.79 Å². The van der Waals surface area contributed by atoms with E-state index in [1.54, 1.807) is 12.1 Å². The lowest BCUT2D eigenvalue weighted by Gasteiger charge is -2.28. The van der Waals surface area contributed by atoms with Crippen LogP contribution in [-0.2, 0) is 9.53 Å². The molecule has 4 heteroatoms. The van der Waals surface area contributed by atoms with E-state index in [9.17, 15) is 9.90 Å². The number of aromatic hydroxyl groups is 1. The second-order valence-electron chi connectivity index (χ2n) is 4.35. The Labute approximate surface area is 101 Å². The van der Waals surface area contributed by atoms with Crippen molar-refractivity contribution in [2.45, 2.75) is 24.8 Å². The lowest BCUT2D eigenvalue weighted by Crippen LogP contribution is -2.43. The van der Waals surface area contributed by atoms with Crippen LogP contribution in [0.4, 0.5) is 0 Å². The third kappa shape index (κ3) is 2.77. The van der Waals surface area contributed by atoms with Gasteiger partial charge in [-0.05, 0) is 43.0 Å². The average Bonchev–Trinajstić information content (AvgIpc) is 2.38. The summed E-state index contributed by atoms with van der Waals surface area (Å²) in [6.07, 6.45) is 1.69. The monoisotopic (exact) mass is 235 g/mol. The fourth-order valence-corrected chi connectivity index (χ4v) is 2.32. The van der Waals surface area contributed by atoms with E-state index < -0.39 is 0 Å². The standard InChI is InChI=1S/C13H17NO3/c1-17-13(16)12-8-10(5-6-14-12)9-3-2-4-11(15)7-9/h2-4,7,10,12,14-15H,5-6,8H2,1H3/t10-,12+/m1/s1. The number of carbonyl (C=O) groups excluding carboxylic acids is 1. The molecule has 0 aliphatic carbocycles. The number of methoxy groups -OCH3 is 1. The van der Waals surface area contributed by atoms with Crippen LogP contribution >= 0.6 is 0 Å². The maximum Gasteiger partial charge on any atom is 0.322 e. The van der Waals surface area contributed by atoms with E-state index in [4.69, 9.17) is 4.74 Å². The summed E-state index contributed by atoms with van der Waals surface area (Å²) >= 11 is 0. The van der Waals surface area contributed by atoms with Gasteiger partial charge in [0.25, 0.3) is 0 Å². The van der Waals surface area contributed by atoms with Crippen molar-refractivity contribution in [3.63, 3.8) is 0 Å². The van der Waals surface area contributed by atoms with Gasteiger partial charge in [-0.1, -0.05) is 12.1 Å². The predicted molar refractivity (Wildman–Crippen MR) is 63.9 cm³/mol. The highest BCUT2D eigenvalue weighted by atomic mass is 16.5. The summed E-state index contributed by atoms with van der Waals surface area (Å²) < 4.78 is 4.75. The van der Waals surface area contributed by atoms with Gasteiger partial charge < -0.3 is 15.2 Å². The topological polar surface area (TPSA) is 58.6 Å². The number of benzene rings is 1. The van der Waals surface area contributed by atoms with Crippen LogP contribution in [0.3, 0.4) is 0 Å². The smallest absolute Gasteiger partial charge is 0.322 e. The maximum atomic E-state index is 11.5. The first-order valence-electron chi connectivity index (χ1n) is 5.81. The van der Waals surface area contributed by atoms with Gasteiger partial charge in [0.05, 0.1) is 7.11 Å². The normalized spacial score (nSPS) is 24.3. The second-order valence-corrected chi connectivity index (χ2v) is 4.35. The van der Waals surface area contributed by atoms with E-state index >= 15 is 0 Å². The van der Waals surface area contributed by atoms with Crippen molar-refractivity contribution in [3.8, 4) is 5.75 Å². The van der Waals surface area contributed by atoms with Crippen LogP contribution in [0.25, 0.3) is 0 Å². The molecule has 17 heavy (non-hydrogen) atoms. The first-order valence-corrected chi connectivity index (χ1v) is 5.81. The van der Waals surface area contributed by atoms with E-state index in [-0.39, 0.29) is 17.8 Å². The summed E-state index contributed by atoms with van der Waals surface area (Å²) in [6.45, 7) is 0.792. The Bertz CT molecular complexity index is 405. The summed E-state index contributed by atoms with van der Waals surface area (Å²) in [5, 5.41) is 12.6. The van der Waals surface area contributed by atoms with Gasteiger partial charge in [0.15, 0.2) is 0 Å². The quantitative estimate of drug-likeness (QED) is 0.761. The van der Waals surface area contributed by atoms with E-state index in [0.29, 0.717) is 5.92 Å². The highest BCUT2D eigenvalue weighted by Crippen LogP contribution is 2.29. The van der Waals surface area contributed by atoms with Crippen LogP contribution in [0.15, 0.2) is 24.3 Å². The number of phenols is 1. The largest absolute Gasteiger partial charge is 0.508 e. The van der Waals surface area contributed by atoms with Crippen LogP contribution < -0.4 is 5.32 Å². The highest BCUT2D eigenvalue weighted by molar-refractivity contribution is 5.75. The molecule has 92 valence electrons. The number of rotatable bonds is 2. The summed E-state index contributed by atoms with van der Waals surface area (Å²) in [4.78, 5) is 11.5. The van der Waals surface area contributed by atoms with Gasteiger partial charge in [0.1, 0.15) is 11.8 Å². The number of piperidine rings is 1. The Morgan fingerprint density at radius 3 is 3.06 bits per heavy atom. The van der Waals surface area contributed by atoms with E-state index in [1.807, 2.05) is 12.1 Å². The van der Waals surface area contributed by atoms with Crippen molar-refractivity contribution in [3.05, 3.63) is 29.8 Å². The number of ether oxygens (including phenoxy) is 1. The third-order valence-corrected chi connectivity index (χ3v) is 3.23. The molecule has 1 aliphatic rings. The molecule has 1 fully saturated rings. The first kappa shape index (κ1) is 11.9. The van der Waals surface area contributed by atoms with Crippen molar-refractivity contribution >= 4 is 5.97 Å². The van der Waals surface area contributed by atoms with Gasteiger partial charge in [-0.25, -0.2) is 0 Å². The predicted octanol–water partition coefficient (Wildman–Crippen LogP) is 1.40. The van der Waals surface area contributed by atoms with E-state index in [1.165, 1.54) is 7.11 Å². The molecular formula is C13H17NO3. The average molecular weight is 235 g/mol. The number of nitrogens with one attached hydrogen (secondary N) is 1.